The van der Waals surface area contributed by atoms with E-state index in [0.717, 1.165) is 4.47 Å². The molecule has 1 atom stereocenters. The number of hydrogen-bond acceptors (Lipinski definition) is 1. The van der Waals surface area contributed by atoms with E-state index in [2.05, 4.69) is 21.2 Å². The van der Waals surface area contributed by atoms with Crippen molar-refractivity contribution in [2.45, 2.75) is 19.0 Å². The van der Waals surface area contributed by atoms with Crippen LogP contribution in [-0.4, -0.2) is 30.2 Å². The molecule has 21 heavy (non-hydrogen) atoms. The molecule has 2 rings (SSSR count). The lowest BCUT2D eigenvalue weighted by Gasteiger charge is -2.33. The van der Waals surface area contributed by atoms with Gasteiger partial charge < -0.3 is 10.2 Å². The van der Waals surface area contributed by atoms with Crippen LogP contribution in [-0.2, 0) is 0 Å². The van der Waals surface area contributed by atoms with Crippen LogP contribution in [0.2, 0.25) is 5.02 Å². The zero-order valence-corrected chi connectivity index (χ0v) is 13.2. The number of halogens is 5. The van der Waals surface area contributed by atoms with Crippen LogP contribution in [0.3, 0.4) is 0 Å². The van der Waals surface area contributed by atoms with Crippen LogP contribution in [0.15, 0.2) is 22.7 Å². The van der Waals surface area contributed by atoms with Gasteiger partial charge in [-0.05, 0) is 31.0 Å². The molecule has 3 nitrogen and oxygen atoms in total. The third-order valence-corrected chi connectivity index (χ3v) is 4.15. The van der Waals surface area contributed by atoms with Crippen LogP contribution in [0.5, 0.6) is 0 Å². The van der Waals surface area contributed by atoms with E-state index >= 15 is 0 Å². The average molecular weight is 386 g/mol. The van der Waals surface area contributed by atoms with Crippen LogP contribution in [0, 0.1) is 5.92 Å². The number of carbonyl (C=O) groups is 1. The smallest absolute Gasteiger partial charge is 0.324 e. The predicted molar refractivity (Wildman–Crippen MR) is 78.5 cm³/mol. The first-order valence-corrected chi connectivity index (χ1v) is 7.52. The van der Waals surface area contributed by atoms with Gasteiger partial charge in [-0.15, -0.1) is 0 Å². The first kappa shape index (κ1) is 16.4. The van der Waals surface area contributed by atoms with Gasteiger partial charge in [0.15, 0.2) is 0 Å². The summed E-state index contributed by atoms with van der Waals surface area (Å²) in [6.07, 6.45) is -3.87. The lowest BCUT2D eigenvalue weighted by atomic mass is 9.98. The van der Waals surface area contributed by atoms with Crippen molar-refractivity contribution in [3.05, 3.63) is 27.7 Å². The Labute approximate surface area is 133 Å². The molecule has 1 aromatic rings. The van der Waals surface area contributed by atoms with Crippen LogP contribution in [0.25, 0.3) is 0 Å². The molecule has 1 aliphatic rings. The van der Waals surface area contributed by atoms with Crippen molar-refractivity contribution in [1.29, 1.82) is 0 Å². The average Bonchev–Trinajstić information content (AvgIpc) is 2.41. The van der Waals surface area contributed by atoms with E-state index in [0.29, 0.717) is 23.7 Å². The molecule has 0 aromatic heterocycles. The van der Waals surface area contributed by atoms with Gasteiger partial charge in [-0.3, -0.25) is 0 Å². The third-order valence-electron chi connectivity index (χ3n) is 3.34. The molecule has 2 amide bonds. The Kier molecular flexibility index (Phi) is 5.03. The quantitative estimate of drug-likeness (QED) is 0.732. The summed E-state index contributed by atoms with van der Waals surface area (Å²) in [6, 6.07) is 4.32. The van der Waals surface area contributed by atoms with Gasteiger partial charge in [-0.25, -0.2) is 4.79 Å². The van der Waals surface area contributed by atoms with Gasteiger partial charge in [0.2, 0.25) is 0 Å². The summed E-state index contributed by atoms with van der Waals surface area (Å²) in [5.74, 6) is -1.46. The summed E-state index contributed by atoms with van der Waals surface area (Å²) in [4.78, 5) is 13.2. The number of likely N-dealkylation sites (tertiary alicyclic amines) is 1. The highest BCUT2D eigenvalue weighted by Crippen LogP contribution is 2.33. The summed E-state index contributed by atoms with van der Waals surface area (Å²) in [6.45, 7) is -0.00393. The van der Waals surface area contributed by atoms with Gasteiger partial charge in [0.1, 0.15) is 0 Å². The summed E-state index contributed by atoms with van der Waals surface area (Å²) >= 11 is 9.21. The maximum atomic E-state index is 12.7. The molecule has 1 N–H and O–H groups in total. The van der Waals surface area contributed by atoms with E-state index in [9.17, 15) is 18.0 Å². The minimum Gasteiger partial charge on any atom is -0.324 e. The van der Waals surface area contributed by atoms with Crippen molar-refractivity contribution < 1.29 is 18.0 Å². The van der Waals surface area contributed by atoms with Crippen LogP contribution >= 0.6 is 27.5 Å². The highest BCUT2D eigenvalue weighted by Gasteiger charge is 2.42. The number of amides is 2. The Bertz CT molecular complexity index is 539. The molecule has 0 saturated carbocycles. The standard InChI is InChI=1S/C13H13BrClF3N2O/c14-9-3-4-11(10(15)6-9)19-12(21)20-5-1-2-8(7-20)13(16,17)18/h3-4,6,8H,1-2,5,7H2,(H,19,21). The van der Waals surface area contributed by atoms with E-state index in [4.69, 9.17) is 11.6 Å². The number of nitrogens with one attached hydrogen (secondary N) is 1. The van der Waals surface area contributed by atoms with Gasteiger partial charge in [-0.2, -0.15) is 13.2 Å². The maximum absolute atomic E-state index is 12.7. The molecule has 1 aromatic carbocycles. The molecule has 8 heteroatoms. The Hall–Kier alpha value is -0.950. The molecule has 0 spiro atoms. The SMILES string of the molecule is O=C(Nc1ccc(Br)cc1Cl)N1CCCC(C(F)(F)F)C1. The van der Waals surface area contributed by atoms with Crippen LogP contribution < -0.4 is 5.32 Å². The fourth-order valence-corrected chi connectivity index (χ4v) is 2.93. The minimum absolute atomic E-state index is 0.0618. The molecular formula is C13H13BrClF3N2O. The molecule has 1 saturated heterocycles. The van der Waals surface area contributed by atoms with Crippen molar-refractivity contribution in [3.63, 3.8) is 0 Å². The monoisotopic (exact) mass is 384 g/mol. The fourth-order valence-electron chi connectivity index (χ4n) is 2.21. The van der Waals surface area contributed by atoms with E-state index in [1.807, 2.05) is 0 Å². The van der Waals surface area contributed by atoms with Crippen LogP contribution in [0.1, 0.15) is 12.8 Å². The molecule has 0 bridgehead atoms. The Morgan fingerprint density at radius 2 is 2.14 bits per heavy atom. The normalized spacial score (nSPS) is 19.5. The lowest BCUT2D eigenvalue weighted by molar-refractivity contribution is -0.183. The molecule has 0 aliphatic carbocycles. The number of urea groups is 1. The number of nitrogens with zero attached hydrogens (tertiary/aromatic N) is 1. The van der Waals surface area contributed by atoms with Gasteiger partial charge in [0.05, 0.1) is 16.6 Å². The zero-order valence-electron chi connectivity index (χ0n) is 10.9. The van der Waals surface area contributed by atoms with E-state index in [1.165, 1.54) is 4.90 Å². The summed E-state index contributed by atoms with van der Waals surface area (Å²) in [7, 11) is 0. The molecule has 0 radical (unpaired) electrons. The van der Waals surface area contributed by atoms with Crippen molar-refractivity contribution in [3.8, 4) is 0 Å². The molecule has 1 heterocycles. The van der Waals surface area contributed by atoms with Crippen LogP contribution in [0.4, 0.5) is 23.7 Å². The third kappa shape index (κ3) is 4.26. The number of piperidine rings is 1. The lowest BCUT2D eigenvalue weighted by Crippen LogP contribution is -2.46. The second-order valence-electron chi connectivity index (χ2n) is 4.88. The number of alkyl halides is 3. The number of benzene rings is 1. The number of rotatable bonds is 1. The van der Waals surface area contributed by atoms with E-state index < -0.39 is 18.1 Å². The second-order valence-corrected chi connectivity index (χ2v) is 6.20. The number of carbonyl (C=O) groups excluding carboxylic acids is 1. The number of anilines is 1. The largest absolute Gasteiger partial charge is 0.393 e. The highest BCUT2D eigenvalue weighted by molar-refractivity contribution is 9.10. The molecule has 116 valence electrons. The summed E-state index contributed by atoms with van der Waals surface area (Å²) < 4.78 is 38.9. The Balaban J connectivity index is 2.03. The van der Waals surface area contributed by atoms with Gasteiger partial charge in [-0.1, -0.05) is 27.5 Å². The fraction of sp³-hybridized carbons (Fsp3) is 0.462. The van der Waals surface area contributed by atoms with Gasteiger partial charge >= 0.3 is 12.2 Å². The number of hydrogen-bond donors (Lipinski definition) is 1. The van der Waals surface area contributed by atoms with Gasteiger partial charge in [0, 0.05) is 17.6 Å². The zero-order chi connectivity index (χ0) is 15.6. The summed E-state index contributed by atoms with van der Waals surface area (Å²) in [5.41, 5.74) is 0.374. The molecular weight excluding hydrogens is 373 g/mol. The Morgan fingerprint density at radius 1 is 1.43 bits per heavy atom. The summed E-state index contributed by atoms with van der Waals surface area (Å²) in [5, 5.41) is 2.87. The van der Waals surface area contributed by atoms with Crippen molar-refractivity contribution in [2.24, 2.45) is 5.92 Å². The van der Waals surface area contributed by atoms with Crippen molar-refractivity contribution in [1.82, 2.24) is 4.90 Å². The molecule has 1 unspecified atom stereocenters. The predicted octanol–water partition coefficient (Wildman–Crippen LogP) is 4.91. The topological polar surface area (TPSA) is 32.3 Å². The van der Waals surface area contributed by atoms with Gasteiger partial charge in [0.25, 0.3) is 0 Å². The first-order chi connectivity index (χ1) is 9.77. The first-order valence-electron chi connectivity index (χ1n) is 6.35. The van der Waals surface area contributed by atoms with E-state index in [1.54, 1.807) is 18.2 Å². The highest BCUT2D eigenvalue weighted by atomic mass is 79.9. The minimum atomic E-state index is -4.27. The van der Waals surface area contributed by atoms with Crippen molar-refractivity contribution in [2.75, 3.05) is 18.4 Å². The van der Waals surface area contributed by atoms with Crippen molar-refractivity contribution >= 4 is 39.2 Å². The molecule has 1 fully saturated rings. The molecule has 1 aliphatic heterocycles. The maximum Gasteiger partial charge on any atom is 0.393 e. The second kappa shape index (κ2) is 6.44. The van der Waals surface area contributed by atoms with E-state index in [-0.39, 0.29) is 13.0 Å². The Morgan fingerprint density at radius 3 is 2.76 bits per heavy atom.